The van der Waals surface area contributed by atoms with Gasteiger partial charge in [0.15, 0.2) is 17.5 Å². The average molecular weight is 687 g/mol. The Hall–Kier alpha value is -6.29. The van der Waals surface area contributed by atoms with Crippen molar-refractivity contribution in [3.63, 3.8) is 0 Å². The van der Waals surface area contributed by atoms with Gasteiger partial charge < -0.3 is 4.57 Å². The lowest BCUT2D eigenvalue weighted by Gasteiger charge is -2.18. The third kappa shape index (κ3) is 5.88. The third-order valence-electron chi connectivity index (χ3n) is 8.72. The van der Waals surface area contributed by atoms with Crippen LogP contribution in [0.3, 0.4) is 0 Å². The molecule has 0 aliphatic rings. The molecule has 0 atom stereocenters. The summed E-state index contributed by atoms with van der Waals surface area (Å²) in [7, 11) is 0. The number of fused-ring (bicyclic) bond motifs is 3. The van der Waals surface area contributed by atoms with Crippen LogP contribution >= 0.6 is 0 Å². The summed E-state index contributed by atoms with van der Waals surface area (Å²) in [5, 5.41) is 0.968. The maximum absolute atomic E-state index is 14.5. The van der Waals surface area contributed by atoms with Gasteiger partial charge in [0, 0.05) is 33.2 Å². The van der Waals surface area contributed by atoms with Crippen LogP contribution in [0.1, 0.15) is 11.1 Å². The van der Waals surface area contributed by atoms with Gasteiger partial charge in [-0.25, -0.2) is 15.0 Å². The van der Waals surface area contributed by atoms with E-state index >= 15 is 0 Å². The molecule has 0 radical (unpaired) electrons. The lowest BCUT2D eigenvalue weighted by Crippen LogP contribution is -2.08. The Kier molecular flexibility index (Phi) is 7.67. The van der Waals surface area contributed by atoms with E-state index < -0.39 is 23.5 Å². The van der Waals surface area contributed by atoms with E-state index in [1.807, 2.05) is 60.7 Å². The monoisotopic (exact) mass is 686 g/mol. The van der Waals surface area contributed by atoms with Crippen LogP contribution < -0.4 is 0 Å². The van der Waals surface area contributed by atoms with E-state index in [9.17, 15) is 26.3 Å². The summed E-state index contributed by atoms with van der Waals surface area (Å²) in [6.45, 7) is 0. The number of para-hydroxylation sites is 1. The standard InChI is InChI=1S/C41H24F6N4/c42-40(43,44)27-19-22-36-32(23-27)31-16-8-10-18-35(31)51(36)28-20-21-29(30-15-7-9-17-34(30)41(45,46)47)33(24-28)39-49-37(25-11-3-1-4-12-25)48-38(50-39)26-13-5-2-6-14-26/h1-24H. The number of aromatic nitrogens is 4. The molecular weight excluding hydrogens is 662 g/mol. The molecule has 0 fully saturated rings. The van der Waals surface area contributed by atoms with E-state index in [0.717, 1.165) is 18.2 Å². The summed E-state index contributed by atoms with van der Waals surface area (Å²) in [6.07, 6.45) is -9.22. The van der Waals surface area contributed by atoms with Gasteiger partial charge in [0.05, 0.1) is 22.2 Å². The second-order valence-corrected chi connectivity index (χ2v) is 11.9. The van der Waals surface area contributed by atoms with Gasteiger partial charge in [0.1, 0.15) is 0 Å². The molecule has 8 rings (SSSR count). The molecule has 0 aliphatic heterocycles. The van der Waals surface area contributed by atoms with Crippen LogP contribution in [0.2, 0.25) is 0 Å². The summed E-state index contributed by atoms with van der Waals surface area (Å²) < 4.78 is 86.7. The van der Waals surface area contributed by atoms with Gasteiger partial charge >= 0.3 is 12.4 Å². The SMILES string of the molecule is FC(F)(F)c1ccc2c(c1)c1ccccc1n2-c1ccc(-c2ccccc2C(F)(F)F)c(-c2nc(-c3ccccc3)nc(-c3ccccc3)n2)c1. The zero-order chi connectivity index (χ0) is 35.3. The minimum absolute atomic E-state index is 0.0773. The van der Waals surface area contributed by atoms with Crippen molar-refractivity contribution in [3.05, 3.63) is 157 Å². The fourth-order valence-electron chi connectivity index (χ4n) is 6.41. The molecule has 10 heteroatoms. The zero-order valence-corrected chi connectivity index (χ0v) is 26.4. The van der Waals surface area contributed by atoms with Crippen LogP contribution in [0.15, 0.2) is 146 Å². The van der Waals surface area contributed by atoms with Crippen LogP contribution in [-0.4, -0.2) is 19.5 Å². The Labute approximate surface area is 287 Å². The molecule has 0 aliphatic carbocycles. The van der Waals surface area contributed by atoms with Crippen LogP contribution in [0.4, 0.5) is 26.3 Å². The van der Waals surface area contributed by atoms with Crippen molar-refractivity contribution in [2.45, 2.75) is 12.4 Å². The number of rotatable bonds is 5. The van der Waals surface area contributed by atoms with E-state index in [1.165, 1.54) is 24.3 Å². The number of hydrogen-bond donors (Lipinski definition) is 0. The lowest BCUT2D eigenvalue weighted by molar-refractivity contribution is -0.138. The lowest BCUT2D eigenvalue weighted by atomic mass is 9.94. The fourth-order valence-corrected chi connectivity index (χ4v) is 6.41. The van der Waals surface area contributed by atoms with Crippen LogP contribution in [-0.2, 0) is 12.4 Å². The Morgan fingerprint density at radius 2 is 0.980 bits per heavy atom. The molecule has 51 heavy (non-hydrogen) atoms. The van der Waals surface area contributed by atoms with E-state index in [-0.39, 0.29) is 22.5 Å². The first kappa shape index (κ1) is 31.9. The van der Waals surface area contributed by atoms with Gasteiger partial charge in [0.25, 0.3) is 0 Å². The molecule has 2 aromatic heterocycles. The number of nitrogens with zero attached hydrogens (tertiary/aromatic N) is 4. The quantitative estimate of drug-likeness (QED) is 0.169. The van der Waals surface area contributed by atoms with Gasteiger partial charge in [-0.3, -0.25) is 0 Å². The van der Waals surface area contributed by atoms with Gasteiger partial charge in [-0.1, -0.05) is 103 Å². The Morgan fingerprint density at radius 3 is 1.63 bits per heavy atom. The normalized spacial score (nSPS) is 12.1. The van der Waals surface area contributed by atoms with Crippen molar-refractivity contribution in [1.29, 1.82) is 0 Å². The zero-order valence-electron chi connectivity index (χ0n) is 26.4. The Balaban J connectivity index is 1.45. The first-order valence-electron chi connectivity index (χ1n) is 15.8. The van der Waals surface area contributed by atoms with Gasteiger partial charge in [-0.15, -0.1) is 0 Å². The highest BCUT2D eigenvalue weighted by molar-refractivity contribution is 6.09. The number of hydrogen-bond acceptors (Lipinski definition) is 3. The highest BCUT2D eigenvalue weighted by atomic mass is 19.4. The second kappa shape index (κ2) is 12.2. The molecule has 0 N–H and O–H groups in total. The molecule has 2 heterocycles. The fraction of sp³-hybridized carbons (Fsp3) is 0.0488. The van der Waals surface area contributed by atoms with E-state index in [2.05, 4.69) is 0 Å². The molecular formula is C41H24F6N4. The number of benzene rings is 6. The molecule has 0 saturated heterocycles. The highest BCUT2D eigenvalue weighted by Crippen LogP contribution is 2.43. The molecule has 8 aromatic rings. The predicted molar refractivity (Wildman–Crippen MR) is 186 cm³/mol. The Morgan fingerprint density at radius 1 is 0.412 bits per heavy atom. The first-order valence-corrected chi connectivity index (χ1v) is 15.8. The van der Waals surface area contributed by atoms with Crippen molar-refractivity contribution in [1.82, 2.24) is 19.5 Å². The first-order chi connectivity index (χ1) is 24.6. The van der Waals surface area contributed by atoms with Crippen LogP contribution in [0, 0.1) is 0 Å². The van der Waals surface area contributed by atoms with Crippen molar-refractivity contribution in [2.24, 2.45) is 0 Å². The van der Waals surface area contributed by atoms with Gasteiger partial charge in [-0.2, -0.15) is 26.3 Å². The van der Waals surface area contributed by atoms with Crippen molar-refractivity contribution in [2.75, 3.05) is 0 Å². The topological polar surface area (TPSA) is 43.6 Å². The van der Waals surface area contributed by atoms with E-state index in [1.54, 1.807) is 47.0 Å². The molecule has 0 bridgehead atoms. The summed E-state index contributed by atoms with van der Waals surface area (Å²) in [5.41, 5.74) is 1.75. The third-order valence-corrected chi connectivity index (χ3v) is 8.72. The smallest absolute Gasteiger partial charge is 0.309 e. The predicted octanol–water partition coefficient (Wildman–Crippen LogP) is 11.7. The van der Waals surface area contributed by atoms with E-state index in [0.29, 0.717) is 50.3 Å². The van der Waals surface area contributed by atoms with Crippen molar-refractivity contribution >= 4 is 21.8 Å². The summed E-state index contributed by atoms with van der Waals surface area (Å²) >= 11 is 0. The summed E-state index contributed by atoms with van der Waals surface area (Å²) in [6, 6.07) is 39.2. The molecule has 250 valence electrons. The summed E-state index contributed by atoms with van der Waals surface area (Å²) in [5.74, 6) is 0.754. The maximum atomic E-state index is 14.5. The molecule has 0 amide bonds. The minimum atomic E-state index is -4.67. The highest BCUT2D eigenvalue weighted by Gasteiger charge is 2.34. The van der Waals surface area contributed by atoms with Crippen LogP contribution in [0.25, 0.3) is 72.8 Å². The maximum Gasteiger partial charge on any atom is 0.417 e. The molecule has 0 unspecified atom stereocenters. The molecule has 0 saturated carbocycles. The second-order valence-electron chi connectivity index (χ2n) is 11.9. The molecule has 4 nitrogen and oxygen atoms in total. The summed E-state index contributed by atoms with van der Waals surface area (Å²) in [4.78, 5) is 14.4. The van der Waals surface area contributed by atoms with Gasteiger partial charge in [0.2, 0.25) is 0 Å². The van der Waals surface area contributed by atoms with E-state index in [4.69, 9.17) is 15.0 Å². The van der Waals surface area contributed by atoms with Crippen LogP contribution in [0.5, 0.6) is 0 Å². The molecule has 0 spiro atoms. The number of halogens is 6. The largest absolute Gasteiger partial charge is 0.417 e. The minimum Gasteiger partial charge on any atom is -0.309 e. The number of alkyl halides is 6. The van der Waals surface area contributed by atoms with Crippen molar-refractivity contribution in [3.8, 4) is 51.0 Å². The molecule has 6 aromatic carbocycles. The van der Waals surface area contributed by atoms with Gasteiger partial charge in [-0.05, 0) is 53.6 Å². The Bertz CT molecular complexity index is 2500. The van der Waals surface area contributed by atoms with Crippen molar-refractivity contribution < 1.29 is 26.3 Å². The average Bonchev–Trinajstić information content (AvgIpc) is 3.48.